The van der Waals surface area contributed by atoms with E-state index in [1.165, 1.54) is 4.88 Å². The Balaban J connectivity index is 0.000000640. The van der Waals surface area contributed by atoms with E-state index < -0.39 is 0 Å². The van der Waals surface area contributed by atoms with Gasteiger partial charge in [-0.25, -0.2) is 0 Å². The molecule has 0 saturated carbocycles. The minimum absolute atomic E-state index is 0. The Bertz CT molecular complexity index is 148. The normalized spacial score (nSPS) is 12.2. The molecule has 9 heavy (non-hydrogen) atoms. The van der Waals surface area contributed by atoms with Crippen LogP contribution in [0.1, 0.15) is 17.8 Å². The number of halogens is 1. The maximum Gasteiger partial charge on any atom is 0.0360 e. The molecule has 0 saturated heterocycles. The molecule has 1 nitrogen and oxygen atoms in total. The molecule has 0 amide bonds. The van der Waals surface area contributed by atoms with E-state index in [0.717, 1.165) is 0 Å². The molecule has 1 rings (SSSR count). The van der Waals surface area contributed by atoms with Crippen molar-refractivity contribution in [2.24, 2.45) is 5.73 Å². The zero-order valence-corrected chi connectivity index (χ0v) is 6.84. The van der Waals surface area contributed by atoms with E-state index in [2.05, 4.69) is 6.07 Å². The van der Waals surface area contributed by atoms with Crippen molar-refractivity contribution in [3.8, 4) is 0 Å². The number of hydrogen-bond acceptors (Lipinski definition) is 2. The Labute approximate surface area is 65.3 Å². The van der Waals surface area contributed by atoms with E-state index >= 15 is 0 Å². The molecule has 1 atom stereocenters. The molecule has 0 aliphatic heterocycles. The van der Waals surface area contributed by atoms with Gasteiger partial charge in [-0.15, -0.1) is 23.7 Å². The highest BCUT2D eigenvalue weighted by Crippen LogP contribution is 2.14. The lowest BCUT2D eigenvalue weighted by Gasteiger charge is -1.96. The molecule has 3 heteroatoms. The van der Waals surface area contributed by atoms with Crippen LogP contribution in [0, 0.1) is 0 Å². The van der Waals surface area contributed by atoms with Crippen molar-refractivity contribution in [3.05, 3.63) is 22.4 Å². The van der Waals surface area contributed by atoms with Crippen LogP contribution in [0.15, 0.2) is 17.5 Å². The van der Waals surface area contributed by atoms with E-state index in [1.807, 2.05) is 18.4 Å². The number of rotatable bonds is 1. The zero-order chi connectivity index (χ0) is 5.98. The molecule has 0 bridgehead atoms. The van der Waals surface area contributed by atoms with Crippen molar-refractivity contribution in [1.82, 2.24) is 0 Å². The van der Waals surface area contributed by atoms with E-state index in [9.17, 15) is 0 Å². The molecule has 0 aromatic carbocycles. The average molecular weight is 164 g/mol. The van der Waals surface area contributed by atoms with Gasteiger partial charge in [0, 0.05) is 10.9 Å². The van der Waals surface area contributed by atoms with Gasteiger partial charge in [0.2, 0.25) is 0 Å². The topological polar surface area (TPSA) is 26.0 Å². The Kier molecular flexibility index (Phi) is 3.86. The highest BCUT2D eigenvalue weighted by molar-refractivity contribution is 7.10. The SMILES string of the molecule is C[C@@H](N)c1cccs1.Cl. The summed E-state index contributed by atoms with van der Waals surface area (Å²) >= 11 is 1.71. The quantitative estimate of drug-likeness (QED) is 0.675. The monoisotopic (exact) mass is 163 g/mol. The predicted octanol–water partition coefficient (Wildman–Crippen LogP) is 2.19. The zero-order valence-electron chi connectivity index (χ0n) is 5.20. The van der Waals surface area contributed by atoms with Gasteiger partial charge in [-0.05, 0) is 18.4 Å². The summed E-state index contributed by atoms with van der Waals surface area (Å²) in [4.78, 5) is 1.25. The summed E-state index contributed by atoms with van der Waals surface area (Å²) in [5, 5.41) is 2.04. The van der Waals surface area contributed by atoms with E-state index in [4.69, 9.17) is 5.73 Å². The van der Waals surface area contributed by atoms with Crippen LogP contribution in [0.25, 0.3) is 0 Å². The predicted molar refractivity (Wildman–Crippen MR) is 44.2 cm³/mol. The van der Waals surface area contributed by atoms with Gasteiger partial charge < -0.3 is 5.73 Å². The first-order chi connectivity index (χ1) is 3.80. The van der Waals surface area contributed by atoms with Gasteiger partial charge in [0.1, 0.15) is 0 Å². The first-order valence-corrected chi connectivity index (χ1v) is 3.47. The minimum Gasteiger partial charge on any atom is -0.324 e. The second-order valence-corrected chi connectivity index (χ2v) is 2.78. The van der Waals surface area contributed by atoms with Crippen LogP contribution in [0.4, 0.5) is 0 Å². The second kappa shape index (κ2) is 3.88. The van der Waals surface area contributed by atoms with Gasteiger partial charge >= 0.3 is 0 Å². The van der Waals surface area contributed by atoms with Gasteiger partial charge in [0.05, 0.1) is 0 Å². The smallest absolute Gasteiger partial charge is 0.0360 e. The number of thiophene rings is 1. The summed E-state index contributed by atoms with van der Waals surface area (Å²) in [5.41, 5.74) is 5.57. The van der Waals surface area contributed by atoms with Crippen LogP contribution in [0.3, 0.4) is 0 Å². The highest BCUT2D eigenvalue weighted by Gasteiger charge is 1.95. The highest BCUT2D eigenvalue weighted by atomic mass is 35.5. The lowest BCUT2D eigenvalue weighted by atomic mass is 10.3. The molecule has 52 valence electrons. The average Bonchev–Trinajstić information content (AvgIpc) is 2.12. The number of nitrogens with two attached hydrogens (primary N) is 1. The molecule has 0 spiro atoms. The van der Waals surface area contributed by atoms with Crippen LogP contribution >= 0.6 is 23.7 Å². The van der Waals surface area contributed by atoms with Crippen molar-refractivity contribution >= 4 is 23.7 Å². The van der Waals surface area contributed by atoms with Gasteiger partial charge in [-0.2, -0.15) is 0 Å². The Morgan fingerprint density at radius 3 is 2.56 bits per heavy atom. The molecule has 0 aliphatic carbocycles. The molecular weight excluding hydrogens is 154 g/mol. The molecule has 1 aromatic heterocycles. The first kappa shape index (κ1) is 8.95. The third-order valence-electron chi connectivity index (χ3n) is 0.992. The number of hydrogen-bond donors (Lipinski definition) is 1. The summed E-state index contributed by atoms with van der Waals surface area (Å²) in [6.07, 6.45) is 0. The summed E-state index contributed by atoms with van der Waals surface area (Å²) in [6.45, 7) is 1.99. The lowest BCUT2D eigenvalue weighted by Crippen LogP contribution is -2.01. The summed E-state index contributed by atoms with van der Waals surface area (Å²) in [7, 11) is 0. The van der Waals surface area contributed by atoms with E-state index in [1.54, 1.807) is 11.3 Å². The molecule has 0 radical (unpaired) electrons. The third kappa shape index (κ3) is 2.35. The largest absolute Gasteiger partial charge is 0.324 e. The van der Waals surface area contributed by atoms with Crippen molar-refractivity contribution in [2.75, 3.05) is 0 Å². The maximum absolute atomic E-state index is 5.57. The Morgan fingerprint density at radius 2 is 2.33 bits per heavy atom. The Morgan fingerprint density at radius 1 is 1.67 bits per heavy atom. The van der Waals surface area contributed by atoms with Crippen LogP contribution in [-0.2, 0) is 0 Å². The second-order valence-electron chi connectivity index (χ2n) is 1.80. The van der Waals surface area contributed by atoms with Crippen LogP contribution in [-0.4, -0.2) is 0 Å². The molecule has 0 aliphatic rings. The molecule has 0 unspecified atom stereocenters. The third-order valence-corrected chi connectivity index (χ3v) is 2.07. The standard InChI is InChI=1S/C6H9NS.ClH/c1-5(7)6-3-2-4-8-6;/h2-5H,7H2,1H3;1H/t5-;/m1./s1. The van der Waals surface area contributed by atoms with Gasteiger partial charge in [-0.3, -0.25) is 0 Å². The maximum atomic E-state index is 5.57. The van der Waals surface area contributed by atoms with Crippen molar-refractivity contribution in [3.63, 3.8) is 0 Å². The summed E-state index contributed by atoms with van der Waals surface area (Å²) in [5.74, 6) is 0. The van der Waals surface area contributed by atoms with Crippen LogP contribution < -0.4 is 5.73 Å². The van der Waals surface area contributed by atoms with Gasteiger partial charge in [0.25, 0.3) is 0 Å². The molecule has 2 N–H and O–H groups in total. The van der Waals surface area contributed by atoms with Crippen molar-refractivity contribution in [2.45, 2.75) is 13.0 Å². The fourth-order valence-corrected chi connectivity index (χ4v) is 1.24. The molecule has 1 heterocycles. The summed E-state index contributed by atoms with van der Waals surface area (Å²) < 4.78 is 0. The van der Waals surface area contributed by atoms with Gasteiger partial charge in [-0.1, -0.05) is 6.07 Å². The fourth-order valence-electron chi connectivity index (χ4n) is 0.550. The van der Waals surface area contributed by atoms with Crippen LogP contribution in [0.2, 0.25) is 0 Å². The van der Waals surface area contributed by atoms with Crippen molar-refractivity contribution in [1.29, 1.82) is 0 Å². The van der Waals surface area contributed by atoms with E-state index in [0.29, 0.717) is 0 Å². The van der Waals surface area contributed by atoms with Crippen LogP contribution in [0.5, 0.6) is 0 Å². The Hall–Kier alpha value is -0.0500. The molecular formula is C6H10ClNS. The minimum atomic E-state index is 0. The first-order valence-electron chi connectivity index (χ1n) is 2.59. The van der Waals surface area contributed by atoms with Crippen molar-refractivity contribution < 1.29 is 0 Å². The van der Waals surface area contributed by atoms with Gasteiger partial charge in [0.15, 0.2) is 0 Å². The summed E-state index contributed by atoms with van der Waals surface area (Å²) in [6, 6.07) is 4.27. The lowest BCUT2D eigenvalue weighted by molar-refractivity contribution is 0.838. The van der Waals surface area contributed by atoms with E-state index in [-0.39, 0.29) is 18.4 Å². The fraction of sp³-hybridized carbons (Fsp3) is 0.333. The molecule has 0 fully saturated rings. The molecule has 1 aromatic rings.